The van der Waals surface area contributed by atoms with Crippen molar-refractivity contribution >= 4 is 17.4 Å². The predicted molar refractivity (Wildman–Crippen MR) is 156 cm³/mol. The van der Waals surface area contributed by atoms with Crippen LogP contribution in [0.5, 0.6) is 5.75 Å². The topological polar surface area (TPSA) is 140 Å². The van der Waals surface area contributed by atoms with Gasteiger partial charge in [0, 0.05) is 46.5 Å². The number of ether oxygens (including phenoxy) is 1. The Morgan fingerprint density at radius 1 is 0.977 bits per heavy atom. The Bertz CT molecular complexity index is 1820. The Kier molecular flexibility index (Phi) is 6.27. The summed E-state index contributed by atoms with van der Waals surface area (Å²) in [6.07, 6.45) is 10.7. The molecular formula is C31H29F2N9O2. The molecule has 0 unspecified atom stereocenters. The van der Waals surface area contributed by atoms with Gasteiger partial charge in [-0.15, -0.1) is 10.2 Å². The third-order valence-electron chi connectivity index (χ3n) is 9.16. The van der Waals surface area contributed by atoms with Crippen LogP contribution in [0.2, 0.25) is 0 Å². The summed E-state index contributed by atoms with van der Waals surface area (Å²) in [6, 6.07) is 10.4. The molecule has 2 bridgehead atoms. The number of H-pyrrole nitrogens is 1. The van der Waals surface area contributed by atoms with Crippen LogP contribution in [0.15, 0.2) is 55.1 Å². The maximum atomic E-state index is 13.2. The summed E-state index contributed by atoms with van der Waals surface area (Å²) in [6.45, 7) is -2.87. The SMILES string of the molecule is Nc1c(C2CC2)c([C@@H]2C[C@H]3CC[C@@H](C2)N3C(=O)c2nnc[nH]2)nc2c(-c3ccc(-c4ccc(OC(F)F)cc4)nc3)cnn12. The van der Waals surface area contributed by atoms with Crippen LogP contribution < -0.4 is 10.5 Å². The van der Waals surface area contributed by atoms with Crippen molar-refractivity contribution in [1.29, 1.82) is 0 Å². The first kappa shape index (κ1) is 26.7. The van der Waals surface area contributed by atoms with Crippen molar-refractivity contribution in [2.75, 3.05) is 5.73 Å². The van der Waals surface area contributed by atoms with E-state index in [1.54, 1.807) is 29.0 Å². The minimum Gasteiger partial charge on any atom is -0.435 e. The molecule has 3 atom stereocenters. The number of amides is 1. The molecule has 224 valence electrons. The number of nitrogens with one attached hydrogen (secondary N) is 1. The highest BCUT2D eigenvalue weighted by atomic mass is 19.3. The minimum absolute atomic E-state index is 0.0924. The highest BCUT2D eigenvalue weighted by Crippen LogP contribution is 2.50. The van der Waals surface area contributed by atoms with Gasteiger partial charge in [0.1, 0.15) is 17.9 Å². The molecule has 1 aliphatic carbocycles. The number of aromatic nitrogens is 7. The summed E-state index contributed by atoms with van der Waals surface area (Å²) in [5, 5.41) is 12.4. The standard InChI is InChI=1S/C31H29F2N9O2/c32-31(33)44-22-8-3-16(4-9-22)24-10-5-18(13-35-24)23-14-38-42-27(34)25(17-1-2-17)26(39-29(23)42)19-11-20-6-7-21(12-19)41(20)30(43)28-36-15-37-40-28/h3-5,8-10,13-15,17,19-21,31H,1-2,6-7,11-12,34H2,(H,36,37,40)/t19-,20-,21+. The second-order valence-corrected chi connectivity index (χ2v) is 11.8. The number of piperidine rings is 1. The van der Waals surface area contributed by atoms with Crippen LogP contribution in [0.3, 0.4) is 0 Å². The van der Waals surface area contributed by atoms with Crippen LogP contribution in [0.25, 0.3) is 28.0 Å². The molecular weight excluding hydrogens is 568 g/mol. The molecule has 1 amide bonds. The summed E-state index contributed by atoms with van der Waals surface area (Å²) in [5.74, 6) is 1.46. The molecule has 0 radical (unpaired) electrons. The van der Waals surface area contributed by atoms with Crippen molar-refractivity contribution in [3.8, 4) is 28.1 Å². The van der Waals surface area contributed by atoms with Crippen molar-refractivity contribution in [3.05, 3.63) is 72.2 Å². The highest BCUT2D eigenvalue weighted by Gasteiger charge is 2.46. The van der Waals surface area contributed by atoms with E-state index in [9.17, 15) is 13.6 Å². The number of nitrogens with two attached hydrogens (primary N) is 1. The van der Waals surface area contributed by atoms with E-state index in [2.05, 4.69) is 30.0 Å². The largest absolute Gasteiger partial charge is 0.435 e. The number of nitrogen functional groups attached to an aromatic ring is 1. The molecule has 0 spiro atoms. The van der Waals surface area contributed by atoms with Crippen LogP contribution in [-0.4, -0.2) is 64.3 Å². The van der Waals surface area contributed by atoms with E-state index in [4.69, 9.17) is 10.7 Å². The van der Waals surface area contributed by atoms with E-state index in [0.29, 0.717) is 23.1 Å². The van der Waals surface area contributed by atoms with E-state index in [1.807, 2.05) is 17.0 Å². The number of benzene rings is 1. The average molecular weight is 598 g/mol. The number of pyridine rings is 1. The number of fused-ring (bicyclic) bond motifs is 3. The zero-order chi connectivity index (χ0) is 29.9. The van der Waals surface area contributed by atoms with E-state index in [-0.39, 0.29) is 35.5 Å². The number of carbonyl (C=O) groups excluding carboxylic acids is 1. The van der Waals surface area contributed by atoms with Gasteiger partial charge < -0.3 is 20.4 Å². The Hall–Kier alpha value is -4.94. The summed E-state index contributed by atoms with van der Waals surface area (Å²) in [7, 11) is 0. The lowest BCUT2D eigenvalue weighted by Crippen LogP contribution is -2.46. The van der Waals surface area contributed by atoms with Crippen LogP contribution in [0, 0.1) is 0 Å². The van der Waals surface area contributed by atoms with E-state index >= 15 is 0 Å². The Morgan fingerprint density at radius 3 is 2.36 bits per heavy atom. The normalized spacial score (nSPS) is 21.3. The summed E-state index contributed by atoms with van der Waals surface area (Å²) >= 11 is 0. The van der Waals surface area contributed by atoms with Gasteiger partial charge >= 0.3 is 6.61 Å². The first-order chi connectivity index (χ1) is 21.4. The van der Waals surface area contributed by atoms with Crippen molar-refractivity contribution in [1.82, 2.24) is 39.7 Å². The van der Waals surface area contributed by atoms with Crippen LogP contribution in [-0.2, 0) is 0 Å². The van der Waals surface area contributed by atoms with Gasteiger partial charge in [-0.3, -0.25) is 9.78 Å². The van der Waals surface area contributed by atoms with Crippen LogP contribution in [0.4, 0.5) is 14.6 Å². The van der Waals surface area contributed by atoms with Crippen molar-refractivity contribution in [2.24, 2.45) is 0 Å². The number of alkyl halides is 2. The third kappa shape index (κ3) is 4.54. The van der Waals surface area contributed by atoms with Gasteiger partial charge in [0.05, 0.1) is 17.6 Å². The van der Waals surface area contributed by atoms with Gasteiger partial charge in [-0.2, -0.15) is 18.4 Å². The number of nitrogens with zero attached hydrogens (tertiary/aromatic N) is 7. The van der Waals surface area contributed by atoms with Crippen LogP contribution >= 0.6 is 0 Å². The lowest BCUT2D eigenvalue weighted by molar-refractivity contribution is -0.0498. The maximum absolute atomic E-state index is 13.2. The fourth-order valence-electron chi connectivity index (χ4n) is 7.05. The monoisotopic (exact) mass is 597 g/mol. The second kappa shape index (κ2) is 10.4. The first-order valence-electron chi connectivity index (χ1n) is 14.8. The number of halogens is 2. The van der Waals surface area contributed by atoms with Gasteiger partial charge in [0.15, 0.2) is 5.65 Å². The second-order valence-electron chi connectivity index (χ2n) is 11.8. The van der Waals surface area contributed by atoms with E-state index in [1.165, 1.54) is 18.5 Å². The van der Waals surface area contributed by atoms with E-state index < -0.39 is 6.61 Å². The highest BCUT2D eigenvalue weighted by molar-refractivity contribution is 5.91. The fraction of sp³-hybridized carbons (Fsp3) is 0.355. The summed E-state index contributed by atoms with van der Waals surface area (Å²) < 4.78 is 31.2. The number of rotatable bonds is 7. The van der Waals surface area contributed by atoms with Gasteiger partial charge in [-0.05, 0) is 74.8 Å². The Labute approximate surface area is 250 Å². The molecule has 4 aromatic heterocycles. The lowest BCUT2D eigenvalue weighted by atomic mass is 9.85. The molecule has 3 aliphatic rings. The number of aromatic amines is 1. The van der Waals surface area contributed by atoms with Crippen molar-refractivity contribution < 1.29 is 18.3 Å². The number of hydrogen-bond donors (Lipinski definition) is 2. The van der Waals surface area contributed by atoms with Gasteiger partial charge in [0.25, 0.3) is 5.91 Å². The molecule has 2 saturated heterocycles. The zero-order valence-corrected chi connectivity index (χ0v) is 23.6. The molecule has 3 N–H and O–H groups in total. The fourth-order valence-corrected chi connectivity index (χ4v) is 7.05. The molecule has 5 aromatic rings. The quantitative estimate of drug-likeness (QED) is 0.261. The van der Waals surface area contributed by atoms with E-state index in [0.717, 1.165) is 66.5 Å². The van der Waals surface area contributed by atoms with Crippen molar-refractivity contribution in [3.63, 3.8) is 0 Å². The molecule has 2 aliphatic heterocycles. The molecule has 6 heterocycles. The maximum Gasteiger partial charge on any atom is 0.387 e. The molecule has 1 aromatic carbocycles. The zero-order valence-electron chi connectivity index (χ0n) is 23.6. The average Bonchev–Trinajstić information content (AvgIpc) is 3.41. The summed E-state index contributed by atoms with van der Waals surface area (Å²) in [5.41, 5.74) is 12.8. The number of carbonyl (C=O) groups is 1. The van der Waals surface area contributed by atoms with Crippen molar-refractivity contribution in [2.45, 2.75) is 69.1 Å². The summed E-state index contributed by atoms with van der Waals surface area (Å²) in [4.78, 5) is 28.0. The van der Waals surface area contributed by atoms with Crippen LogP contribution in [0.1, 0.15) is 72.2 Å². The molecule has 11 nitrogen and oxygen atoms in total. The first-order valence-corrected chi connectivity index (χ1v) is 14.8. The Balaban J connectivity index is 1.11. The predicted octanol–water partition coefficient (Wildman–Crippen LogP) is 5.19. The molecule has 8 rings (SSSR count). The molecule has 13 heteroatoms. The van der Waals surface area contributed by atoms with Gasteiger partial charge in [-0.25, -0.2) is 4.98 Å². The number of anilines is 1. The minimum atomic E-state index is -2.87. The molecule has 44 heavy (non-hydrogen) atoms. The Morgan fingerprint density at radius 2 is 1.73 bits per heavy atom. The van der Waals surface area contributed by atoms with Gasteiger partial charge in [0.2, 0.25) is 5.82 Å². The van der Waals surface area contributed by atoms with Gasteiger partial charge in [-0.1, -0.05) is 6.07 Å². The smallest absolute Gasteiger partial charge is 0.387 e. The molecule has 3 fully saturated rings. The third-order valence-corrected chi connectivity index (χ3v) is 9.16. The lowest BCUT2D eigenvalue weighted by Gasteiger charge is -2.39. The number of hydrogen-bond acceptors (Lipinski definition) is 8. The molecule has 1 saturated carbocycles.